The molecule has 156 valence electrons. The lowest BCUT2D eigenvalue weighted by Crippen LogP contribution is -2.64. The Morgan fingerprint density at radius 1 is 0.964 bits per heavy atom. The van der Waals surface area contributed by atoms with Crippen molar-refractivity contribution in [3.8, 4) is 0 Å². The van der Waals surface area contributed by atoms with Gasteiger partial charge in [-0.05, 0) is 85.7 Å². The van der Waals surface area contributed by atoms with Gasteiger partial charge in [0, 0.05) is 5.41 Å². The number of rotatable bonds is 1. The number of aliphatic hydroxyl groups is 3. The van der Waals surface area contributed by atoms with Crippen LogP contribution < -0.4 is 0 Å². The lowest BCUT2D eigenvalue weighted by molar-refractivity contribution is -0.231. The Labute approximate surface area is 168 Å². The second kappa shape index (κ2) is 6.09. The van der Waals surface area contributed by atoms with Gasteiger partial charge in [-0.25, -0.2) is 0 Å². The molecule has 4 fully saturated rings. The summed E-state index contributed by atoms with van der Waals surface area (Å²) in [7, 11) is 0. The molecule has 0 saturated heterocycles. The van der Waals surface area contributed by atoms with Gasteiger partial charge in [-0.2, -0.15) is 0 Å². The third kappa shape index (κ3) is 2.23. The largest absolute Gasteiger partial charge is 0.466 e. The summed E-state index contributed by atoms with van der Waals surface area (Å²) >= 11 is 0. The zero-order valence-corrected chi connectivity index (χ0v) is 17.5. The summed E-state index contributed by atoms with van der Waals surface area (Å²) in [6, 6.07) is 3.75. The highest BCUT2D eigenvalue weighted by Gasteiger charge is 2.68. The van der Waals surface area contributed by atoms with Gasteiger partial charge in [0.25, 0.3) is 0 Å². The fourth-order valence-corrected chi connectivity index (χ4v) is 8.40. The Bertz CT molecular complexity index is 731. The van der Waals surface area contributed by atoms with Gasteiger partial charge in [0.1, 0.15) is 11.4 Å². The van der Waals surface area contributed by atoms with Crippen molar-refractivity contribution in [2.45, 2.75) is 83.5 Å². The number of furan rings is 1. The van der Waals surface area contributed by atoms with E-state index < -0.39 is 17.8 Å². The van der Waals surface area contributed by atoms with E-state index in [0.29, 0.717) is 24.0 Å². The van der Waals surface area contributed by atoms with Crippen molar-refractivity contribution in [2.24, 2.45) is 40.4 Å². The van der Waals surface area contributed by atoms with Crippen LogP contribution in [0.1, 0.15) is 71.5 Å². The SMILES string of the molecule is C[C@H]1CC[C@@]2(C)[C@H](C1)[C@@H](O)C(O)C1[C@@H]2CC[C@@]2(C)[C@H]1CC[C@@]2(O)c1ccco1. The van der Waals surface area contributed by atoms with E-state index in [1.165, 1.54) is 6.42 Å². The predicted molar refractivity (Wildman–Crippen MR) is 106 cm³/mol. The Balaban J connectivity index is 1.54. The zero-order valence-electron chi connectivity index (χ0n) is 17.5. The third-order valence-electron chi connectivity index (χ3n) is 10.1. The molecule has 4 aliphatic rings. The van der Waals surface area contributed by atoms with E-state index in [1.54, 1.807) is 6.26 Å². The maximum absolute atomic E-state index is 11.7. The second-order valence-electron chi connectivity index (χ2n) is 11.1. The Kier molecular flexibility index (Phi) is 4.16. The van der Waals surface area contributed by atoms with Crippen molar-refractivity contribution in [1.29, 1.82) is 0 Å². The first kappa shape index (κ1) is 19.1. The maximum atomic E-state index is 11.7. The molecule has 4 aliphatic carbocycles. The molecule has 0 aliphatic heterocycles. The minimum atomic E-state index is -0.977. The van der Waals surface area contributed by atoms with Crippen LogP contribution in [0.15, 0.2) is 22.8 Å². The summed E-state index contributed by atoms with van der Waals surface area (Å²) in [5, 5.41) is 34.2. The third-order valence-corrected chi connectivity index (χ3v) is 10.1. The van der Waals surface area contributed by atoms with Crippen LogP contribution in [-0.4, -0.2) is 27.5 Å². The second-order valence-corrected chi connectivity index (χ2v) is 11.1. The highest BCUT2D eigenvalue weighted by molar-refractivity contribution is 5.23. The van der Waals surface area contributed by atoms with E-state index in [-0.39, 0.29) is 28.6 Å². The lowest BCUT2D eigenvalue weighted by atomic mass is 9.42. The summed E-state index contributed by atoms with van der Waals surface area (Å²) in [5.74, 6) is 2.19. The topological polar surface area (TPSA) is 73.8 Å². The van der Waals surface area contributed by atoms with Crippen LogP contribution in [0.4, 0.5) is 0 Å². The molecular formula is C24H36O4. The van der Waals surface area contributed by atoms with Gasteiger partial charge in [0.2, 0.25) is 0 Å². The van der Waals surface area contributed by atoms with Gasteiger partial charge in [0.15, 0.2) is 0 Å². The van der Waals surface area contributed by atoms with Crippen LogP contribution in [0.5, 0.6) is 0 Å². The summed E-state index contributed by atoms with van der Waals surface area (Å²) in [4.78, 5) is 0. The van der Waals surface area contributed by atoms with Crippen molar-refractivity contribution in [3.05, 3.63) is 24.2 Å². The molecule has 4 nitrogen and oxygen atoms in total. The molecule has 4 heteroatoms. The molecule has 0 spiro atoms. The van der Waals surface area contributed by atoms with E-state index in [4.69, 9.17) is 4.42 Å². The summed E-state index contributed by atoms with van der Waals surface area (Å²) < 4.78 is 5.67. The predicted octanol–water partition coefficient (Wildman–Crippen LogP) is 4.09. The summed E-state index contributed by atoms with van der Waals surface area (Å²) in [6.07, 6.45) is 7.24. The van der Waals surface area contributed by atoms with Gasteiger partial charge in [0.05, 0.1) is 18.5 Å². The quantitative estimate of drug-likeness (QED) is 0.677. The monoisotopic (exact) mass is 388 g/mol. The normalized spacial score (nSPS) is 56.0. The van der Waals surface area contributed by atoms with Crippen molar-refractivity contribution in [3.63, 3.8) is 0 Å². The molecule has 4 saturated carbocycles. The van der Waals surface area contributed by atoms with E-state index in [9.17, 15) is 15.3 Å². The first-order chi connectivity index (χ1) is 13.2. The molecule has 1 heterocycles. The number of aliphatic hydroxyl groups excluding tert-OH is 2. The van der Waals surface area contributed by atoms with Crippen LogP contribution in [0.25, 0.3) is 0 Å². The van der Waals surface area contributed by atoms with Crippen LogP contribution >= 0.6 is 0 Å². The molecule has 1 aromatic heterocycles. The van der Waals surface area contributed by atoms with Crippen molar-refractivity contribution in [2.75, 3.05) is 0 Å². The molecule has 0 amide bonds. The zero-order chi connectivity index (χ0) is 19.9. The number of hydrogen-bond acceptors (Lipinski definition) is 4. The first-order valence-electron chi connectivity index (χ1n) is 11.3. The van der Waals surface area contributed by atoms with Crippen LogP contribution in [0.3, 0.4) is 0 Å². The van der Waals surface area contributed by atoms with Crippen LogP contribution in [0, 0.1) is 40.4 Å². The number of fused-ring (bicyclic) bond motifs is 5. The maximum Gasteiger partial charge on any atom is 0.135 e. The Hall–Kier alpha value is -0.840. The van der Waals surface area contributed by atoms with Gasteiger partial charge < -0.3 is 19.7 Å². The Morgan fingerprint density at radius 2 is 1.71 bits per heavy atom. The smallest absolute Gasteiger partial charge is 0.135 e. The first-order valence-corrected chi connectivity index (χ1v) is 11.3. The highest BCUT2D eigenvalue weighted by Crippen LogP contribution is 2.70. The molecule has 0 aromatic carbocycles. The fourth-order valence-electron chi connectivity index (χ4n) is 8.40. The highest BCUT2D eigenvalue weighted by atomic mass is 16.4. The lowest BCUT2D eigenvalue weighted by Gasteiger charge is -2.64. The van der Waals surface area contributed by atoms with E-state index in [2.05, 4.69) is 20.8 Å². The molecule has 0 bridgehead atoms. The Morgan fingerprint density at radius 3 is 2.43 bits per heavy atom. The average molecular weight is 389 g/mol. The molecule has 1 aromatic rings. The summed E-state index contributed by atoms with van der Waals surface area (Å²) in [5.41, 5.74) is -1.20. The van der Waals surface area contributed by atoms with Crippen molar-refractivity contribution >= 4 is 0 Å². The molecule has 10 atom stereocenters. The fraction of sp³-hybridized carbons (Fsp3) is 0.833. The van der Waals surface area contributed by atoms with E-state index in [0.717, 1.165) is 32.1 Å². The minimum Gasteiger partial charge on any atom is -0.466 e. The molecule has 28 heavy (non-hydrogen) atoms. The molecule has 3 N–H and O–H groups in total. The minimum absolute atomic E-state index is 0.0624. The van der Waals surface area contributed by atoms with Gasteiger partial charge in [-0.1, -0.05) is 27.2 Å². The summed E-state index contributed by atoms with van der Waals surface area (Å²) in [6.45, 7) is 6.86. The number of hydrogen-bond donors (Lipinski definition) is 3. The van der Waals surface area contributed by atoms with Gasteiger partial charge >= 0.3 is 0 Å². The van der Waals surface area contributed by atoms with Crippen molar-refractivity contribution in [1.82, 2.24) is 0 Å². The van der Waals surface area contributed by atoms with Crippen molar-refractivity contribution < 1.29 is 19.7 Å². The standard InChI is InChI=1S/C24H36O4/c1-14-6-9-22(2)15-7-10-23(3)16(19(15)21(26)20(25)17(22)13-14)8-11-24(23,27)18-5-4-12-28-18/h4-5,12,14-17,19-21,25-27H,6-11,13H2,1-3H3/t14-,15-,16-,17+,19?,20+,21?,22+,23-,24+/m0/s1. The average Bonchev–Trinajstić information content (AvgIpc) is 3.29. The molecule has 0 radical (unpaired) electrons. The molecular weight excluding hydrogens is 352 g/mol. The molecule has 2 unspecified atom stereocenters. The van der Waals surface area contributed by atoms with E-state index >= 15 is 0 Å². The molecule has 5 rings (SSSR count). The van der Waals surface area contributed by atoms with Crippen LogP contribution in [0.2, 0.25) is 0 Å². The van der Waals surface area contributed by atoms with E-state index in [1.807, 2.05) is 12.1 Å². The van der Waals surface area contributed by atoms with Gasteiger partial charge in [-0.15, -0.1) is 0 Å². The van der Waals surface area contributed by atoms with Gasteiger partial charge in [-0.3, -0.25) is 0 Å². The van der Waals surface area contributed by atoms with Crippen LogP contribution in [-0.2, 0) is 5.60 Å².